The van der Waals surface area contributed by atoms with Crippen molar-refractivity contribution in [1.29, 1.82) is 0 Å². The van der Waals surface area contributed by atoms with E-state index >= 15 is 0 Å². The first-order chi connectivity index (χ1) is 17.0. The maximum atomic E-state index is 13.8. The molecule has 0 saturated carbocycles. The summed E-state index contributed by atoms with van der Waals surface area (Å²) in [6, 6.07) is 15.9. The third-order valence-corrected chi connectivity index (χ3v) is 5.56. The van der Waals surface area contributed by atoms with E-state index in [1.165, 1.54) is 12.1 Å². The lowest BCUT2D eigenvalue weighted by Crippen LogP contribution is -2.36. The zero-order valence-corrected chi connectivity index (χ0v) is 20.8. The van der Waals surface area contributed by atoms with Crippen LogP contribution in [0, 0.1) is 5.82 Å². The minimum atomic E-state index is -0.645. The van der Waals surface area contributed by atoms with Gasteiger partial charge in [-0.05, 0) is 18.6 Å². The van der Waals surface area contributed by atoms with Gasteiger partial charge in [0.15, 0.2) is 0 Å². The lowest BCUT2D eigenvalue weighted by Gasteiger charge is -2.25. The molecular weight excluding hydrogens is 449 g/mol. The summed E-state index contributed by atoms with van der Waals surface area (Å²) < 4.78 is 32.6. The molecule has 1 aromatic heterocycles. The molecule has 8 heteroatoms. The van der Waals surface area contributed by atoms with Crippen molar-refractivity contribution in [3.8, 4) is 22.9 Å². The monoisotopic (exact) mass is 485 g/mol. The van der Waals surface area contributed by atoms with Crippen LogP contribution in [0.2, 0.25) is 0 Å². The molecule has 0 aliphatic heterocycles. The second kappa shape index (κ2) is 13.9. The molecule has 0 aliphatic rings. The Bertz CT molecular complexity index is 1030. The van der Waals surface area contributed by atoms with Crippen LogP contribution in [0.25, 0.3) is 11.3 Å². The van der Waals surface area contributed by atoms with E-state index < -0.39 is 6.10 Å². The standard InChI is InChI=1S/C27H36FN3O4/c1-4-5-15-34-20-23(32)18-31(14-16-33-3)19-25-26(21-10-7-6-8-11-21)29-30(2)27(25)35-24-13-9-12-22(28)17-24/h6-13,17,23,32H,4-5,14-16,18-20H2,1-3H3/t23-/m0/s1. The first kappa shape index (κ1) is 26.8. The highest BCUT2D eigenvalue weighted by atomic mass is 19.1. The van der Waals surface area contributed by atoms with E-state index in [2.05, 4.69) is 11.8 Å². The van der Waals surface area contributed by atoms with Gasteiger partial charge in [0.1, 0.15) is 17.3 Å². The summed E-state index contributed by atoms with van der Waals surface area (Å²) in [6.45, 7) is 4.98. The minimum Gasteiger partial charge on any atom is -0.439 e. The third-order valence-electron chi connectivity index (χ3n) is 5.56. The normalized spacial score (nSPS) is 12.3. The third kappa shape index (κ3) is 8.14. The van der Waals surface area contributed by atoms with Gasteiger partial charge >= 0.3 is 0 Å². The summed E-state index contributed by atoms with van der Waals surface area (Å²) in [4.78, 5) is 2.10. The largest absolute Gasteiger partial charge is 0.439 e. The summed E-state index contributed by atoms with van der Waals surface area (Å²) in [5.41, 5.74) is 2.57. The van der Waals surface area contributed by atoms with Crippen LogP contribution < -0.4 is 4.74 Å². The second-order valence-electron chi connectivity index (χ2n) is 8.49. The number of aromatic nitrogens is 2. The van der Waals surface area contributed by atoms with E-state index in [-0.39, 0.29) is 12.4 Å². The highest BCUT2D eigenvalue weighted by molar-refractivity contribution is 5.65. The summed E-state index contributed by atoms with van der Waals surface area (Å²) in [6.07, 6.45) is 1.37. The van der Waals surface area contributed by atoms with Gasteiger partial charge in [-0.2, -0.15) is 5.10 Å². The average Bonchev–Trinajstić information content (AvgIpc) is 3.15. The topological polar surface area (TPSA) is 69.0 Å². The van der Waals surface area contributed by atoms with Crippen LogP contribution in [-0.2, 0) is 23.1 Å². The quantitative estimate of drug-likeness (QED) is 0.316. The predicted octanol–water partition coefficient (Wildman–Crippen LogP) is 4.64. The molecule has 0 spiro atoms. The number of ether oxygens (including phenoxy) is 3. The fourth-order valence-corrected chi connectivity index (χ4v) is 3.79. The molecule has 190 valence electrons. The number of unbranched alkanes of at least 4 members (excludes halogenated alkanes) is 1. The van der Waals surface area contributed by atoms with Crippen LogP contribution in [0.15, 0.2) is 54.6 Å². The van der Waals surface area contributed by atoms with E-state index in [0.29, 0.717) is 44.5 Å². The number of rotatable bonds is 15. The lowest BCUT2D eigenvalue weighted by molar-refractivity contribution is 0.0101. The molecule has 1 N–H and O–H groups in total. The molecule has 3 aromatic rings. The van der Waals surface area contributed by atoms with Crippen LogP contribution in [0.3, 0.4) is 0 Å². The Morgan fingerprint density at radius 3 is 2.63 bits per heavy atom. The van der Waals surface area contributed by atoms with Crippen LogP contribution in [0.4, 0.5) is 4.39 Å². The first-order valence-electron chi connectivity index (χ1n) is 12.0. The van der Waals surface area contributed by atoms with Crippen LogP contribution in [0.5, 0.6) is 11.6 Å². The summed E-state index contributed by atoms with van der Waals surface area (Å²) in [5.74, 6) is 0.537. The average molecular weight is 486 g/mol. The van der Waals surface area contributed by atoms with E-state index in [4.69, 9.17) is 19.3 Å². The van der Waals surface area contributed by atoms with Crippen molar-refractivity contribution < 1.29 is 23.7 Å². The van der Waals surface area contributed by atoms with Crippen LogP contribution in [-0.4, -0.2) is 65.9 Å². The smallest absolute Gasteiger partial charge is 0.222 e. The van der Waals surface area contributed by atoms with Gasteiger partial charge in [0.25, 0.3) is 0 Å². The molecule has 0 fully saturated rings. The van der Waals surface area contributed by atoms with Gasteiger partial charge < -0.3 is 19.3 Å². The molecule has 0 aliphatic carbocycles. The molecule has 35 heavy (non-hydrogen) atoms. The van der Waals surface area contributed by atoms with Gasteiger partial charge in [0.2, 0.25) is 5.88 Å². The van der Waals surface area contributed by atoms with Crippen molar-refractivity contribution in [2.24, 2.45) is 7.05 Å². The Balaban J connectivity index is 1.89. The molecule has 2 aromatic carbocycles. The van der Waals surface area contributed by atoms with Crippen molar-refractivity contribution in [2.45, 2.75) is 32.4 Å². The van der Waals surface area contributed by atoms with E-state index in [1.807, 2.05) is 30.3 Å². The number of aryl methyl sites for hydroxylation is 1. The molecule has 0 saturated heterocycles. The highest BCUT2D eigenvalue weighted by Gasteiger charge is 2.23. The minimum absolute atomic E-state index is 0.273. The molecular formula is C27H36FN3O4. The van der Waals surface area contributed by atoms with Gasteiger partial charge in [0, 0.05) is 52.0 Å². The van der Waals surface area contributed by atoms with Gasteiger partial charge in [0.05, 0.1) is 24.9 Å². The summed E-state index contributed by atoms with van der Waals surface area (Å²) >= 11 is 0. The lowest BCUT2D eigenvalue weighted by atomic mass is 10.1. The van der Waals surface area contributed by atoms with Crippen molar-refractivity contribution in [2.75, 3.05) is 40.0 Å². The van der Waals surface area contributed by atoms with Crippen molar-refractivity contribution in [3.63, 3.8) is 0 Å². The fraction of sp³-hybridized carbons (Fsp3) is 0.444. The Morgan fingerprint density at radius 2 is 1.91 bits per heavy atom. The number of benzene rings is 2. The molecule has 0 radical (unpaired) electrons. The number of aliphatic hydroxyl groups is 1. The maximum absolute atomic E-state index is 13.8. The van der Waals surface area contributed by atoms with Gasteiger partial charge in [-0.3, -0.25) is 4.90 Å². The fourth-order valence-electron chi connectivity index (χ4n) is 3.79. The molecule has 3 rings (SSSR count). The Hall–Kier alpha value is -2.78. The SMILES string of the molecule is CCCCOC[C@@H](O)CN(CCOC)Cc1c(-c2ccccc2)nn(C)c1Oc1cccc(F)c1. The predicted molar refractivity (Wildman–Crippen MR) is 134 cm³/mol. The zero-order valence-electron chi connectivity index (χ0n) is 20.8. The van der Waals surface area contributed by atoms with Gasteiger partial charge in [-0.25, -0.2) is 9.07 Å². The van der Waals surface area contributed by atoms with E-state index in [9.17, 15) is 9.50 Å². The molecule has 0 amide bonds. The van der Waals surface area contributed by atoms with Crippen molar-refractivity contribution in [3.05, 3.63) is 66.0 Å². The Labute approximate surface area is 207 Å². The van der Waals surface area contributed by atoms with Gasteiger partial charge in [-0.15, -0.1) is 0 Å². The number of aliphatic hydroxyl groups excluding tert-OH is 1. The Morgan fingerprint density at radius 1 is 1.11 bits per heavy atom. The van der Waals surface area contributed by atoms with E-state index in [1.54, 1.807) is 31.0 Å². The van der Waals surface area contributed by atoms with Crippen LogP contribution in [0.1, 0.15) is 25.3 Å². The van der Waals surface area contributed by atoms with Crippen molar-refractivity contribution >= 4 is 0 Å². The molecule has 0 bridgehead atoms. The number of halogens is 1. The van der Waals surface area contributed by atoms with Crippen LogP contribution >= 0.6 is 0 Å². The van der Waals surface area contributed by atoms with Crippen molar-refractivity contribution in [1.82, 2.24) is 14.7 Å². The first-order valence-corrected chi connectivity index (χ1v) is 12.0. The van der Waals surface area contributed by atoms with Gasteiger partial charge in [-0.1, -0.05) is 49.7 Å². The summed E-state index contributed by atoms with van der Waals surface area (Å²) in [7, 11) is 3.46. The molecule has 7 nitrogen and oxygen atoms in total. The molecule has 1 atom stereocenters. The highest BCUT2D eigenvalue weighted by Crippen LogP contribution is 2.34. The number of hydrogen-bond acceptors (Lipinski definition) is 6. The summed E-state index contributed by atoms with van der Waals surface area (Å²) in [5, 5.41) is 15.4. The number of hydrogen-bond donors (Lipinski definition) is 1. The Kier molecular flexibility index (Phi) is 10.7. The number of methoxy groups -OCH3 is 1. The maximum Gasteiger partial charge on any atom is 0.222 e. The molecule has 0 unspecified atom stereocenters. The number of nitrogens with zero attached hydrogens (tertiary/aromatic N) is 3. The van der Waals surface area contributed by atoms with E-state index in [0.717, 1.165) is 29.7 Å². The molecule has 1 heterocycles. The second-order valence-corrected chi connectivity index (χ2v) is 8.49. The zero-order chi connectivity index (χ0) is 25.0.